The van der Waals surface area contributed by atoms with Crippen molar-refractivity contribution in [2.75, 3.05) is 30.8 Å². The molecule has 2 rings (SSSR count). The lowest BCUT2D eigenvalue weighted by atomic mass is 10.0. The van der Waals surface area contributed by atoms with Crippen molar-refractivity contribution in [1.29, 1.82) is 0 Å². The Balaban J connectivity index is 2.02. The summed E-state index contributed by atoms with van der Waals surface area (Å²) in [6.45, 7) is 1.05. The van der Waals surface area contributed by atoms with Crippen molar-refractivity contribution >= 4 is 17.3 Å². The zero-order chi connectivity index (χ0) is 13.2. The molecule has 0 bridgehead atoms. The quantitative estimate of drug-likeness (QED) is 0.515. The SMILES string of the molecule is Nc1nc(NCC2(O)CCOC2)ccc1[N+](=O)[O-]. The van der Waals surface area contributed by atoms with Crippen LogP contribution in [-0.2, 0) is 4.74 Å². The van der Waals surface area contributed by atoms with Crippen LogP contribution in [-0.4, -0.2) is 40.4 Å². The third kappa shape index (κ3) is 2.66. The summed E-state index contributed by atoms with van der Waals surface area (Å²) in [5.41, 5.74) is 4.31. The van der Waals surface area contributed by atoms with Crippen molar-refractivity contribution in [3.8, 4) is 0 Å². The van der Waals surface area contributed by atoms with E-state index in [0.29, 0.717) is 18.8 Å². The van der Waals surface area contributed by atoms with E-state index in [1.807, 2.05) is 0 Å². The molecule has 0 radical (unpaired) electrons. The Morgan fingerprint density at radius 2 is 2.44 bits per heavy atom. The summed E-state index contributed by atoms with van der Waals surface area (Å²) in [5.74, 6) is 0.234. The van der Waals surface area contributed by atoms with Gasteiger partial charge in [0.2, 0.25) is 5.82 Å². The predicted octanol–water partition coefficient (Wildman–Crippen LogP) is 0.135. The van der Waals surface area contributed by atoms with Crippen LogP contribution >= 0.6 is 0 Å². The van der Waals surface area contributed by atoms with E-state index in [1.54, 1.807) is 0 Å². The van der Waals surface area contributed by atoms with Gasteiger partial charge < -0.3 is 20.9 Å². The number of nitrogens with two attached hydrogens (primary N) is 1. The fourth-order valence-corrected chi connectivity index (χ4v) is 1.71. The Morgan fingerprint density at radius 1 is 1.67 bits per heavy atom. The van der Waals surface area contributed by atoms with E-state index in [-0.39, 0.29) is 24.7 Å². The first-order valence-electron chi connectivity index (χ1n) is 5.45. The fourth-order valence-electron chi connectivity index (χ4n) is 1.71. The molecule has 0 amide bonds. The smallest absolute Gasteiger partial charge is 0.311 e. The second kappa shape index (κ2) is 4.75. The topological polar surface area (TPSA) is 124 Å². The normalized spacial score (nSPS) is 22.9. The summed E-state index contributed by atoms with van der Waals surface area (Å²) in [7, 11) is 0. The molecule has 2 heterocycles. The Bertz CT molecular complexity index is 459. The lowest BCUT2D eigenvalue weighted by Gasteiger charge is -2.20. The predicted molar refractivity (Wildman–Crippen MR) is 64.2 cm³/mol. The second-order valence-corrected chi connectivity index (χ2v) is 4.24. The summed E-state index contributed by atoms with van der Waals surface area (Å²) in [6.07, 6.45) is 0.544. The molecule has 8 heteroatoms. The lowest BCUT2D eigenvalue weighted by Crippen LogP contribution is -2.37. The van der Waals surface area contributed by atoms with E-state index in [9.17, 15) is 15.2 Å². The van der Waals surface area contributed by atoms with E-state index < -0.39 is 10.5 Å². The van der Waals surface area contributed by atoms with Gasteiger partial charge in [-0.25, -0.2) is 4.98 Å². The average Bonchev–Trinajstić information content (AvgIpc) is 2.74. The summed E-state index contributed by atoms with van der Waals surface area (Å²) in [5, 5.41) is 23.5. The van der Waals surface area contributed by atoms with Gasteiger partial charge in [0.15, 0.2) is 0 Å². The minimum absolute atomic E-state index is 0.153. The van der Waals surface area contributed by atoms with Crippen LogP contribution in [0.5, 0.6) is 0 Å². The number of pyridine rings is 1. The first kappa shape index (κ1) is 12.5. The number of nitrogens with zero attached hydrogens (tertiary/aromatic N) is 2. The summed E-state index contributed by atoms with van der Waals surface area (Å²) in [6, 6.07) is 2.73. The Morgan fingerprint density at radius 3 is 3.00 bits per heavy atom. The van der Waals surface area contributed by atoms with Gasteiger partial charge in [-0.1, -0.05) is 0 Å². The van der Waals surface area contributed by atoms with Crippen LogP contribution < -0.4 is 11.1 Å². The van der Waals surface area contributed by atoms with Gasteiger partial charge in [0, 0.05) is 25.6 Å². The van der Waals surface area contributed by atoms with E-state index in [2.05, 4.69) is 10.3 Å². The molecule has 0 aromatic carbocycles. The van der Waals surface area contributed by atoms with Gasteiger partial charge in [0.25, 0.3) is 0 Å². The Kier molecular flexibility index (Phi) is 3.30. The van der Waals surface area contributed by atoms with E-state index in [4.69, 9.17) is 10.5 Å². The van der Waals surface area contributed by atoms with Crippen LogP contribution in [0.4, 0.5) is 17.3 Å². The standard InChI is InChI=1S/C10H14N4O4/c11-9-7(14(16)17)1-2-8(13-9)12-5-10(15)3-4-18-6-10/h1-2,15H,3-6H2,(H3,11,12,13). The minimum Gasteiger partial charge on any atom is -0.386 e. The number of aliphatic hydroxyl groups is 1. The molecule has 98 valence electrons. The number of aromatic nitrogens is 1. The highest BCUT2D eigenvalue weighted by Gasteiger charge is 2.32. The minimum atomic E-state index is -0.918. The van der Waals surface area contributed by atoms with Gasteiger partial charge in [-0.15, -0.1) is 0 Å². The zero-order valence-electron chi connectivity index (χ0n) is 9.63. The number of nitrogens with one attached hydrogen (secondary N) is 1. The highest BCUT2D eigenvalue weighted by atomic mass is 16.6. The molecule has 4 N–H and O–H groups in total. The molecular weight excluding hydrogens is 240 g/mol. The molecule has 0 spiro atoms. The molecule has 8 nitrogen and oxygen atoms in total. The van der Waals surface area contributed by atoms with Crippen LogP contribution in [0, 0.1) is 10.1 Å². The highest BCUT2D eigenvalue weighted by molar-refractivity contribution is 5.57. The van der Waals surface area contributed by atoms with Crippen LogP contribution in [0.3, 0.4) is 0 Å². The maximum Gasteiger partial charge on any atom is 0.311 e. The number of anilines is 2. The number of nitro groups is 1. The third-order valence-electron chi connectivity index (χ3n) is 2.78. The molecule has 18 heavy (non-hydrogen) atoms. The zero-order valence-corrected chi connectivity index (χ0v) is 9.63. The molecule has 1 fully saturated rings. The molecular formula is C10H14N4O4. The van der Waals surface area contributed by atoms with Crippen LogP contribution in [0.15, 0.2) is 12.1 Å². The van der Waals surface area contributed by atoms with Gasteiger partial charge in [0.05, 0.1) is 11.5 Å². The molecule has 1 saturated heterocycles. The van der Waals surface area contributed by atoms with Crippen molar-refractivity contribution in [2.45, 2.75) is 12.0 Å². The van der Waals surface area contributed by atoms with E-state index in [0.717, 1.165) is 0 Å². The number of nitrogen functional groups attached to an aromatic ring is 1. The summed E-state index contributed by atoms with van der Waals surface area (Å²) >= 11 is 0. The van der Waals surface area contributed by atoms with Gasteiger partial charge in [-0.2, -0.15) is 0 Å². The van der Waals surface area contributed by atoms with Gasteiger partial charge in [0.1, 0.15) is 11.4 Å². The monoisotopic (exact) mass is 254 g/mol. The highest BCUT2D eigenvalue weighted by Crippen LogP contribution is 2.22. The molecule has 1 aliphatic heterocycles. The molecule has 1 aliphatic rings. The fraction of sp³-hybridized carbons (Fsp3) is 0.500. The first-order valence-corrected chi connectivity index (χ1v) is 5.45. The largest absolute Gasteiger partial charge is 0.386 e. The number of hydrogen-bond donors (Lipinski definition) is 3. The molecule has 1 atom stereocenters. The van der Waals surface area contributed by atoms with Crippen LogP contribution in [0.1, 0.15) is 6.42 Å². The second-order valence-electron chi connectivity index (χ2n) is 4.24. The van der Waals surface area contributed by atoms with E-state index in [1.165, 1.54) is 12.1 Å². The number of ether oxygens (including phenoxy) is 1. The molecule has 1 unspecified atom stereocenters. The maximum absolute atomic E-state index is 10.6. The molecule has 1 aromatic rings. The van der Waals surface area contributed by atoms with Crippen LogP contribution in [0.25, 0.3) is 0 Å². The average molecular weight is 254 g/mol. The van der Waals surface area contributed by atoms with Crippen LogP contribution in [0.2, 0.25) is 0 Å². The lowest BCUT2D eigenvalue weighted by molar-refractivity contribution is -0.384. The first-order chi connectivity index (χ1) is 8.50. The maximum atomic E-state index is 10.6. The molecule has 1 aromatic heterocycles. The van der Waals surface area contributed by atoms with Gasteiger partial charge in [-0.05, 0) is 6.07 Å². The molecule has 0 saturated carbocycles. The van der Waals surface area contributed by atoms with Gasteiger partial charge in [-0.3, -0.25) is 10.1 Å². The summed E-state index contributed by atoms with van der Waals surface area (Å²) in [4.78, 5) is 13.8. The Labute approximate surface area is 103 Å². The third-order valence-corrected chi connectivity index (χ3v) is 2.78. The number of hydrogen-bond acceptors (Lipinski definition) is 7. The molecule has 0 aliphatic carbocycles. The van der Waals surface area contributed by atoms with Crippen molar-refractivity contribution in [2.24, 2.45) is 0 Å². The number of rotatable bonds is 4. The van der Waals surface area contributed by atoms with E-state index >= 15 is 0 Å². The van der Waals surface area contributed by atoms with Crippen molar-refractivity contribution < 1.29 is 14.8 Å². The van der Waals surface area contributed by atoms with Gasteiger partial charge >= 0.3 is 5.69 Å². The van der Waals surface area contributed by atoms with Crippen molar-refractivity contribution in [1.82, 2.24) is 4.98 Å². The van der Waals surface area contributed by atoms with Crippen molar-refractivity contribution in [3.63, 3.8) is 0 Å². The Hall–Kier alpha value is -1.93. The summed E-state index contributed by atoms with van der Waals surface area (Å²) < 4.78 is 5.10. The van der Waals surface area contributed by atoms with Crippen molar-refractivity contribution in [3.05, 3.63) is 22.2 Å².